The molecule has 0 heterocycles. The van der Waals surface area contributed by atoms with E-state index in [2.05, 4.69) is 10.1 Å². The van der Waals surface area contributed by atoms with Gasteiger partial charge in [0.25, 0.3) is 5.91 Å². The number of benzene rings is 2. The normalized spacial score (nSPS) is 11.0. The van der Waals surface area contributed by atoms with E-state index >= 15 is 0 Å². The lowest BCUT2D eigenvalue weighted by Gasteiger charge is -2.14. The number of carboxylic acids is 1. The van der Waals surface area contributed by atoms with Gasteiger partial charge in [0.1, 0.15) is 0 Å². The van der Waals surface area contributed by atoms with E-state index in [9.17, 15) is 27.9 Å². The fraction of sp³-hybridized carbons (Fsp3) is 0.263. The molecule has 0 atom stereocenters. The Kier molecular flexibility index (Phi) is 6.50. The molecule has 0 aromatic heterocycles. The molecule has 2 N–H and O–H groups in total. The molecule has 9 heteroatoms. The van der Waals surface area contributed by atoms with Gasteiger partial charge >= 0.3 is 12.1 Å². The maximum atomic E-state index is 12.3. The second-order valence-electron chi connectivity index (χ2n) is 5.97. The van der Waals surface area contributed by atoms with Gasteiger partial charge in [0, 0.05) is 5.69 Å². The van der Waals surface area contributed by atoms with Gasteiger partial charge in [-0.25, -0.2) is 4.79 Å². The third-order valence-electron chi connectivity index (χ3n) is 3.68. The molecule has 150 valence electrons. The fourth-order valence-electron chi connectivity index (χ4n) is 2.40. The quantitative estimate of drug-likeness (QED) is 0.739. The Morgan fingerprint density at radius 3 is 2.21 bits per heavy atom. The number of carbonyl (C=O) groups excluding carboxylic acids is 1. The Balaban J connectivity index is 2.04. The molecule has 2 rings (SSSR count). The van der Waals surface area contributed by atoms with Gasteiger partial charge in [-0.3, -0.25) is 4.79 Å². The van der Waals surface area contributed by atoms with Crippen molar-refractivity contribution in [2.45, 2.75) is 20.0 Å². The van der Waals surface area contributed by atoms with Crippen LogP contribution in [0, 0.1) is 13.8 Å². The summed E-state index contributed by atoms with van der Waals surface area (Å²) in [6.45, 7) is 1.36. The van der Waals surface area contributed by atoms with Crippen molar-refractivity contribution in [3.63, 3.8) is 0 Å². The molecule has 0 saturated heterocycles. The van der Waals surface area contributed by atoms with E-state index in [-0.39, 0.29) is 17.1 Å². The summed E-state index contributed by atoms with van der Waals surface area (Å²) >= 11 is 0. The maximum absolute atomic E-state index is 12.3. The molecule has 0 fully saturated rings. The summed E-state index contributed by atoms with van der Waals surface area (Å²) in [7, 11) is 0. The van der Waals surface area contributed by atoms with Gasteiger partial charge < -0.3 is 19.9 Å². The largest absolute Gasteiger partial charge is 0.480 e. The predicted molar refractivity (Wildman–Crippen MR) is 95.0 cm³/mol. The van der Waals surface area contributed by atoms with Crippen LogP contribution in [-0.2, 0) is 4.79 Å². The highest BCUT2D eigenvalue weighted by Gasteiger charge is 2.29. The van der Waals surface area contributed by atoms with Gasteiger partial charge in [-0.05, 0) is 43.2 Å². The Morgan fingerprint density at radius 1 is 1.04 bits per heavy atom. The number of aromatic carboxylic acids is 1. The Labute approximate surface area is 158 Å². The van der Waals surface area contributed by atoms with Crippen molar-refractivity contribution < 1.29 is 37.3 Å². The van der Waals surface area contributed by atoms with Crippen LogP contribution in [-0.4, -0.2) is 36.4 Å². The molecule has 0 radical (unpaired) electrons. The van der Waals surface area contributed by atoms with Crippen LogP contribution in [0.5, 0.6) is 11.5 Å². The van der Waals surface area contributed by atoms with Gasteiger partial charge in [-0.2, -0.15) is 13.2 Å². The number of alkyl halides is 3. The van der Waals surface area contributed by atoms with Crippen LogP contribution >= 0.6 is 0 Å². The average Bonchev–Trinajstić information content (AvgIpc) is 2.60. The minimum atomic E-state index is -4.50. The van der Waals surface area contributed by atoms with Gasteiger partial charge in [0.2, 0.25) is 0 Å². The molecule has 1 amide bonds. The summed E-state index contributed by atoms with van der Waals surface area (Å²) in [5.74, 6) is -1.89. The monoisotopic (exact) mass is 397 g/mol. The maximum Gasteiger partial charge on any atom is 0.422 e. The number of amides is 1. The molecule has 6 nitrogen and oxygen atoms in total. The first-order valence-corrected chi connectivity index (χ1v) is 8.12. The number of hydrogen-bond acceptors (Lipinski definition) is 4. The van der Waals surface area contributed by atoms with E-state index < -0.39 is 31.3 Å². The third kappa shape index (κ3) is 5.90. The predicted octanol–water partition coefficient (Wildman–Crippen LogP) is 3.96. The van der Waals surface area contributed by atoms with Crippen molar-refractivity contribution in [1.29, 1.82) is 0 Å². The number of anilines is 1. The van der Waals surface area contributed by atoms with Gasteiger partial charge in [0.15, 0.2) is 24.7 Å². The van der Waals surface area contributed by atoms with Gasteiger partial charge in [-0.1, -0.05) is 18.2 Å². The molecular formula is C19H18F3NO5. The number of hydrogen-bond donors (Lipinski definition) is 2. The molecule has 0 saturated carbocycles. The molecule has 28 heavy (non-hydrogen) atoms. The number of rotatable bonds is 7. The number of carbonyl (C=O) groups is 2. The van der Waals surface area contributed by atoms with E-state index in [4.69, 9.17) is 4.74 Å². The van der Waals surface area contributed by atoms with Crippen molar-refractivity contribution >= 4 is 17.6 Å². The van der Waals surface area contributed by atoms with E-state index in [0.717, 1.165) is 0 Å². The van der Waals surface area contributed by atoms with Gasteiger partial charge in [-0.15, -0.1) is 0 Å². The van der Waals surface area contributed by atoms with Gasteiger partial charge in [0.05, 0.1) is 5.56 Å². The zero-order valence-corrected chi connectivity index (χ0v) is 15.1. The lowest BCUT2D eigenvalue weighted by molar-refractivity contribution is -0.153. The van der Waals surface area contributed by atoms with E-state index in [1.54, 1.807) is 19.9 Å². The minimum absolute atomic E-state index is 0.0197. The summed E-state index contributed by atoms with van der Waals surface area (Å²) in [4.78, 5) is 23.3. The van der Waals surface area contributed by atoms with Crippen molar-refractivity contribution in [2.24, 2.45) is 0 Å². The summed E-state index contributed by atoms with van der Waals surface area (Å²) in [6.07, 6.45) is -4.50. The molecule has 0 aliphatic carbocycles. The average molecular weight is 397 g/mol. The lowest BCUT2D eigenvalue weighted by atomic mass is 10.0. The number of nitrogens with one attached hydrogen (secondary N) is 1. The summed E-state index contributed by atoms with van der Waals surface area (Å²) in [6, 6.07) is 8.63. The topological polar surface area (TPSA) is 84.9 Å². The van der Waals surface area contributed by atoms with Crippen LogP contribution in [0.15, 0.2) is 36.4 Å². The molecule has 0 aliphatic heterocycles. The number of carboxylic acid groups (broad SMARTS) is 1. The first-order valence-electron chi connectivity index (χ1n) is 8.12. The zero-order chi connectivity index (χ0) is 20.9. The lowest BCUT2D eigenvalue weighted by Crippen LogP contribution is -2.22. The highest BCUT2D eigenvalue weighted by Crippen LogP contribution is 2.28. The summed E-state index contributed by atoms with van der Waals surface area (Å²) in [5.41, 5.74) is 1.56. The molecular weight excluding hydrogens is 379 g/mol. The standard InChI is InChI=1S/C19H18F3NO5/c1-11-7-12(2)14(8-13(11)18(25)26)23-17(24)9-27-15-5-3-4-6-16(15)28-10-19(20,21)22/h3-8H,9-10H2,1-2H3,(H,23,24)(H,25,26). The van der Waals surface area contributed by atoms with Crippen LogP contribution in [0.3, 0.4) is 0 Å². The van der Waals surface area contributed by atoms with E-state index in [0.29, 0.717) is 16.8 Å². The van der Waals surface area contributed by atoms with Crippen molar-refractivity contribution in [1.82, 2.24) is 0 Å². The summed E-state index contributed by atoms with van der Waals surface area (Å²) in [5, 5.41) is 11.7. The molecule has 0 aliphatic rings. The van der Waals surface area contributed by atoms with Crippen LogP contribution in [0.25, 0.3) is 0 Å². The van der Waals surface area contributed by atoms with Crippen LogP contribution in [0.1, 0.15) is 21.5 Å². The molecule has 0 bridgehead atoms. The number of halogens is 3. The smallest absolute Gasteiger partial charge is 0.422 e. The first-order chi connectivity index (χ1) is 13.1. The molecule has 2 aromatic rings. The minimum Gasteiger partial charge on any atom is -0.480 e. The van der Waals surface area contributed by atoms with Crippen molar-refractivity contribution in [2.75, 3.05) is 18.5 Å². The van der Waals surface area contributed by atoms with Crippen LogP contribution in [0.4, 0.5) is 18.9 Å². The molecule has 2 aromatic carbocycles. The second-order valence-corrected chi connectivity index (χ2v) is 5.97. The van der Waals surface area contributed by atoms with Crippen molar-refractivity contribution in [3.8, 4) is 11.5 Å². The van der Waals surface area contributed by atoms with Crippen LogP contribution in [0.2, 0.25) is 0 Å². The summed E-state index contributed by atoms with van der Waals surface area (Å²) < 4.78 is 46.9. The number of aryl methyl sites for hydroxylation is 2. The third-order valence-corrected chi connectivity index (χ3v) is 3.68. The highest BCUT2D eigenvalue weighted by atomic mass is 19.4. The van der Waals surface area contributed by atoms with Crippen LogP contribution < -0.4 is 14.8 Å². The fourth-order valence-corrected chi connectivity index (χ4v) is 2.40. The second kappa shape index (κ2) is 8.64. The Hall–Kier alpha value is -3.23. The Bertz CT molecular complexity index is 880. The first kappa shape index (κ1) is 21.1. The number of para-hydroxylation sites is 2. The van der Waals surface area contributed by atoms with Crippen molar-refractivity contribution in [3.05, 3.63) is 53.1 Å². The van der Waals surface area contributed by atoms with E-state index in [1.807, 2.05) is 0 Å². The SMILES string of the molecule is Cc1cc(C)c(C(=O)O)cc1NC(=O)COc1ccccc1OCC(F)(F)F. The zero-order valence-electron chi connectivity index (χ0n) is 15.1. The highest BCUT2D eigenvalue weighted by molar-refractivity contribution is 5.96. The molecule has 0 spiro atoms. The number of ether oxygens (including phenoxy) is 2. The van der Waals surface area contributed by atoms with E-state index in [1.165, 1.54) is 30.3 Å². The molecule has 0 unspecified atom stereocenters. The Morgan fingerprint density at radius 2 is 1.64 bits per heavy atom.